The first kappa shape index (κ1) is 20.6. The van der Waals surface area contributed by atoms with Crippen molar-refractivity contribution in [1.29, 1.82) is 0 Å². The molecule has 2 amide bonds. The Bertz CT molecular complexity index is 676. The SMILES string of the molecule is CCN(CC)C1(c2nnnn2C2CCCC2)CCN(C(=O)NC2CCCCC2)C1. The number of carbonyl (C=O) groups excluding carboxylic acids is 1. The van der Waals surface area contributed by atoms with Crippen LogP contribution in [-0.4, -0.2) is 68.3 Å². The van der Waals surface area contributed by atoms with Crippen molar-refractivity contribution in [2.24, 2.45) is 0 Å². The van der Waals surface area contributed by atoms with E-state index in [0.29, 0.717) is 18.6 Å². The van der Waals surface area contributed by atoms with Crippen molar-refractivity contribution < 1.29 is 4.79 Å². The summed E-state index contributed by atoms with van der Waals surface area (Å²) in [5.41, 5.74) is -0.292. The number of hydrogen-bond donors (Lipinski definition) is 1. The average Bonchev–Trinajstić information content (AvgIpc) is 3.49. The van der Waals surface area contributed by atoms with Crippen LogP contribution in [0.4, 0.5) is 4.79 Å². The van der Waals surface area contributed by atoms with Crippen LogP contribution < -0.4 is 5.32 Å². The van der Waals surface area contributed by atoms with E-state index in [2.05, 4.69) is 44.3 Å². The molecule has 0 spiro atoms. The minimum atomic E-state index is -0.292. The van der Waals surface area contributed by atoms with Gasteiger partial charge in [0.05, 0.1) is 6.04 Å². The molecule has 1 N–H and O–H groups in total. The van der Waals surface area contributed by atoms with Crippen LogP contribution in [0.3, 0.4) is 0 Å². The number of tetrazole rings is 1. The molecule has 0 aromatic carbocycles. The van der Waals surface area contributed by atoms with Gasteiger partial charge in [-0.25, -0.2) is 9.48 Å². The van der Waals surface area contributed by atoms with Gasteiger partial charge in [0.15, 0.2) is 5.82 Å². The van der Waals surface area contributed by atoms with Crippen molar-refractivity contribution in [3.8, 4) is 0 Å². The Hall–Kier alpha value is -1.70. The minimum Gasteiger partial charge on any atom is -0.335 e. The quantitative estimate of drug-likeness (QED) is 0.790. The lowest BCUT2D eigenvalue weighted by atomic mass is 9.94. The Balaban J connectivity index is 1.55. The molecule has 2 aliphatic carbocycles. The third-order valence-corrected chi connectivity index (χ3v) is 7.42. The zero-order valence-corrected chi connectivity index (χ0v) is 18.1. The Morgan fingerprint density at radius 1 is 1.10 bits per heavy atom. The number of likely N-dealkylation sites (tertiary alicyclic amines) is 1. The van der Waals surface area contributed by atoms with Crippen LogP contribution >= 0.6 is 0 Å². The van der Waals surface area contributed by atoms with Crippen LogP contribution in [0.15, 0.2) is 0 Å². The van der Waals surface area contributed by atoms with Gasteiger partial charge in [-0.1, -0.05) is 46.0 Å². The predicted molar refractivity (Wildman–Crippen MR) is 112 cm³/mol. The van der Waals surface area contributed by atoms with Gasteiger partial charge >= 0.3 is 6.03 Å². The second kappa shape index (κ2) is 8.98. The highest BCUT2D eigenvalue weighted by atomic mass is 16.2. The van der Waals surface area contributed by atoms with Crippen molar-refractivity contribution in [2.75, 3.05) is 26.2 Å². The molecule has 29 heavy (non-hydrogen) atoms. The lowest BCUT2D eigenvalue weighted by Crippen LogP contribution is -2.52. The number of amides is 2. The molecule has 2 heterocycles. The Morgan fingerprint density at radius 3 is 2.48 bits per heavy atom. The highest BCUT2D eigenvalue weighted by molar-refractivity contribution is 5.75. The molecule has 3 fully saturated rings. The largest absolute Gasteiger partial charge is 0.335 e. The van der Waals surface area contributed by atoms with E-state index in [0.717, 1.165) is 57.6 Å². The predicted octanol–water partition coefficient (Wildman–Crippen LogP) is 3.07. The molecule has 1 unspecified atom stereocenters. The molecule has 1 aliphatic heterocycles. The third-order valence-electron chi connectivity index (χ3n) is 7.42. The summed E-state index contributed by atoms with van der Waals surface area (Å²) in [5.74, 6) is 0.959. The molecule has 162 valence electrons. The van der Waals surface area contributed by atoms with Crippen LogP contribution in [0.2, 0.25) is 0 Å². The molecule has 8 heteroatoms. The van der Waals surface area contributed by atoms with Crippen LogP contribution in [0.1, 0.15) is 89.9 Å². The number of nitrogens with zero attached hydrogens (tertiary/aromatic N) is 6. The van der Waals surface area contributed by atoms with E-state index in [1.807, 2.05) is 4.90 Å². The first-order chi connectivity index (χ1) is 14.2. The topological polar surface area (TPSA) is 79.2 Å². The summed E-state index contributed by atoms with van der Waals surface area (Å²) in [6.45, 7) is 7.66. The van der Waals surface area contributed by atoms with Gasteiger partial charge in [-0.05, 0) is 55.6 Å². The number of rotatable bonds is 6. The minimum absolute atomic E-state index is 0.0887. The second-order valence-corrected chi connectivity index (χ2v) is 9.05. The number of urea groups is 1. The van der Waals surface area contributed by atoms with Gasteiger partial charge in [0, 0.05) is 19.1 Å². The van der Waals surface area contributed by atoms with E-state index in [-0.39, 0.29) is 11.6 Å². The van der Waals surface area contributed by atoms with Crippen LogP contribution in [0.5, 0.6) is 0 Å². The van der Waals surface area contributed by atoms with Crippen molar-refractivity contribution >= 4 is 6.03 Å². The summed E-state index contributed by atoms with van der Waals surface area (Å²) in [6, 6.07) is 0.826. The van der Waals surface area contributed by atoms with Crippen LogP contribution in [-0.2, 0) is 5.54 Å². The Morgan fingerprint density at radius 2 is 1.79 bits per heavy atom. The summed E-state index contributed by atoms with van der Waals surface area (Å²) < 4.78 is 2.09. The fraction of sp³-hybridized carbons (Fsp3) is 0.905. The first-order valence-corrected chi connectivity index (χ1v) is 11.8. The van der Waals surface area contributed by atoms with Gasteiger partial charge in [0.25, 0.3) is 0 Å². The molecular weight excluding hydrogens is 366 g/mol. The number of aromatic nitrogens is 4. The van der Waals surface area contributed by atoms with E-state index in [1.165, 1.54) is 32.1 Å². The fourth-order valence-corrected chi connectivity index (χ4v) is 5.79. The number of likely N-dealkylation sites (N-methyl/N-ethyl adjacent to an activating group) is 1. The fourth-order valence-electron chi connectivity index (χ4n) is 5.79. The number of carbonyl (C=O) groups is 1. The van der Waals surface area contributed by atoms with E-state index < -0.39 is 0 Å². The summed E-state index contributed by atoms with van der Waals surface area (Å²) in [7, 11) is 0. The number of hydrogen-bond acceptors (Lipinski definition) is 5. The second-order valence-electron chi connectivity index (χ2n) is 9.05. The molecule has 1 atom stereocenters. The molecule has 2 saturated carbocycles. The zero-order valence-electron chi connectivity index (χ0n) is 18.1. The Labute approximate surface area is 174 Å². The van der Waals surface area contributed by atoms with E-state index >= 15 is 0 Å². The monoisotopic (exact) mass is 403 g/mol. The third kappa shape index (κ3) is 4.00. The molecule has 4 rings (SSSR count). The summed E-state index contributed by atoms with van der Waals surface area (Å²) in [5, 5.41) is 16.3. The Kier molecular flexibility index (Phi) is 6.37. The molecular formula is C21H37N7O. The highest BCUT2D eigenvalue weighted by Gasteiger charge is 2.49. The number of nitrogens with one attached hydrogen (secondary N) is 1. The van der Waals surface area contributed by atoms with E-state index in [9.17, 15) is 4.79 Å². The van der Waals surface area contributed by atoms with E-state index in [4.69, 9.17) is 0 Å². The van der Waals surface area contributed by atoms with Gasteiger partial charge in [0.1, 0.15) is 5.54 Å². The van der Waals surface area contributed by atoms with E-state index in [1.54, 1.807) is 0 Å². The molecule has 3 aliphatic rings. The summed E-state index contributed by atoms with van der Waals surface area (Å²) >= 11 is 0. The van der Waals surface area contributed by atoms with Crippen molar-refractivity contribution in [2.45, 2.75) is 95.7 Å². The van der Waals surface area contributed by atoms with Crippen LogP contribution in [0, 0.1) is 0 Å². The van der Waals surface area contributed by atoms with Crippen molar-refractivity contribution in [3.05, 3.63) is 5.82 Å². The summed E-state index contributed by atoms with van der Waals surface area (Å²) in [4.78, 5) is 17.5. The molecule has 8 nitrogen and oxygen atoms in total. The van der Waals surface area contributed by atoms with Gasteiger partial charge < -0.3 is 10.2 Å². The lowest BCUT2D eigenvalue weighted by molar-refractivity contribution is 0.0890. The average molecular weight is 404 g/mol. The molecule has 0 bridgehead atoms. The van der Waals surface area contributed by atoms with Crippen molar-refractivity contribution in [1.82, 2.24) is 35.3 Å². The summed E-state index contributed by atoms with van der Waals surface area (Å²) in [6.07, 6.45) is 11.7. The van der Waals surface area contributed by atoms with Gasteiger partial charge in [-0.2, -0.15) is 0 Å². The van der Waals surface area contributed by atoms with Crippen LogP contribution in [0.25, 0.3) is 0 Å². The maximum atomic E-state index is 13.0. The first-order valence-electron chi connectivity index (χ1n) is 11.8. The van der Waals surface area contributed by atoms with Gasteiger partial charge in [-0.15, -0.1) is 5.10 Å². The van der Waals surface area contributed by atoms with Gasteiger partial charge in [0.2, 0.25) is 0 Å². The maximum Gasteiger partial charge on any atom is 0.317 e. The lowest BCUT2D eigenvalue weighted by Gasteiger charge is -2.39. The molecule has 1 saturated heterocycles. The highest BCUT2D eigenvalue weighted by Crippen LogP contribution is 2.39. The molecule has 0 radical (unpaired) electrons. The standard InChI is InChI=1S/C21H37N7O/c1-3-27(4-2)21(19-23-24-25-28(19)18-12-8-9-13-18)14-15-26(16-21)20(29)22-17-10-6-5-7-11-17/h17-18H,3-16H2,1-2H3,(H,22,29). The van der Waals surface area contributed by atoms with Gasteiger partial charge in [-0.3, -0.25) is 4.90 Å². The normalized spacial score (nSPS) is 26.5. The van der Waals surface area contributed by atoms with Crippen molar-refractivity contribution in [3.63, 3.8) is 0 Å². The molecule has 1 aromatic heterocycles. The maximum absolute atomic E-state index is 13.0. The molecule has 1 aromatic rings. The smallest absolute Gasteiger partial charge is 0.317 e. The zero-order chi connectivity index (χ0) is 20.3.